The average Bonchev–Trinajstić information content (AvgIpc) is 2.95. The largest absolute Gasteiger partial charge is 0.355 e. The number of benzene rings is 2. The van der Waals surface area contributed by atoms with Gasteiger partial charge in [-0.25, -0.2) is 13.4 Å². The maximum absolute atomic E-state index is 13.3. The number of anilines is 1. The zero-order chi connectivity index (χ0) is 19.7. The summed E-state index contributed by atoms with van der Waals surface area (Å²) in [6.45, 7) is 7.50. The molecule has 1 saturated heterocycles. The Morgan fingerprint density at radius 2 is 1.69 bits per heavy atom. The molecule has 3 aromatic rings. The Morgan fingerprint density at radius 1 is 0.931 bits per heavy atom. The second-order valence-corrected chi connectivity index (χ2v) is 9.38. The summed E-state index contributed by atoms with van der Waals surface area (Å²) < 4.78 is 26.6. The van der Waals surface area contributed by atoms with E-state index in [1.165, 1.54) is 0 Å². The first-order valence-electron chi connectivity index (χ1n) is 9.63. The molecule has 29 heavy (non-hydrogen) atoms. The highest BCUT2D eigenvalue weighted by Crippen LogP contribution is 2.30. The summed E-state index contributed by atoms with van der Waals surface area (Å²) in [6.07, 6.45) is 2.84. The first kappa shape index (κ1) is 21.6. The molecule has 1 fully saturated rings. The summed E-state index contributed by atoms with van der Waals surface area (Å²) >= 11 is 0. The SMILES string of the molecule is Cc1cc(C)cc(S(=O)(=O)c2ccc3ccnc(N4CCCNCC4)c3c2)c1.Cl. The van der Waals surface area contributed by atoms with Crippen LogP contribution in [0.1, 0.15) is 17.5 Å². The smallest absolute Gasteiger partial charge is 0.206 e. The van der Waals surface area contributed by atoms with Gasteiger partial charge in [0.1, 0.15) is 5.82 Å². The number of fused-ring (bicyclic) bond motifs is 1. The van der Waals surface area contributed by atoms with Crippen LogP contribution in [-0.2, 0) is 9.84 Å². The predicted molar refractivity (Wildman–Crippen MR) is 120 cm³/mol. The zero-order valence-corrected chi connectivity index (χ0v) is 18.3. The molecule has 0 bridgehead atoms. The Bertz CT molecular complexity index is 1100. The second kappa shape index (κ2) is 8.69. The normalized spacial score (nSPS) is 15.0. The Kier molecular flexibility index (Phi) is 6.46. The number of nitrogens with one attached hydrogen (secondary N) is 1. The monoisotopic (exact) mass is 431 g/mol. The number of rotatable bonds is 3. The van der Waals surface area contributed by atoms with E-state index >= 15 is 0 Å². The minimum absolute atomic E-state index is 0. The zero-order valence-electron chi connectivity index (χ0n) is 16.7. The van der Waals surface area contributed by atoms with Gasteiger partial charge < -0.3 is 10.2 Å². The van der Waals surface area contributed by atoms with Gasteiger partial charge in [-0.3, -0.25) is 0 Å². The third kappa shape index (κ3) is 4.39. The molecule has 0 atom stereocenters. The van der Waals surface area contributed by atoms with Crippen molar-refractivity contribution in [2.75, 3.05) is 31.1 Å². The fourth-order valence-electron chi connectivity index (χ4n) is 3.83. The van der Waals surface area contributed by atoms with Gasteiger partial charge in [-0.05, 0) is 73.7 Å². The Hall–Kier alpha value is -2.15. The molecule has 1 aromatic heterocycles. The Morgan fingerprint density at radius 3 is 2.45 bits per heavy atom. The Balaban J connectivity index is 0.00000240. The number of nitrogens with zero attached hydrogens (tertiary/aromatic N) is 2. The summed E-state index contributed by atoms with van der Waals surface area (Å²) in [7, 11) is -3.59. The number of hydrogen-bond acceptors (Lipinski definition) is 5. The summed E-state index contributed by atoms with van der Waals surface area (Å²) in [6, 6.07) is 12.7. The van der Waals surface area contributed by atoms with Crippen LogP contribution in [0.2, 0.25) is 0 Å². The lowest BCUT2D eigenvalue weighted by molar-refractivity contribution is 0.596. The minimum atomic E-state index is -3.59. The van der Waals surface area contributed by atoms with Crippen molar-refractivity contribution in [2.24, 2.45) is 0 Å². The van der Waals surface area contributed by atoms with E-state index in [2.05, 4.69) is 15.2 Å². The van der Waals surface area contributed by atoms with Crippen LogP contribution in [0.15, 0.2) is 58.5 Å². The summed E-state index contributed by atoms with van der Waals surface area (Å²) in [5.41, 5.74) is 1.89. The third-order valence-electron chi connectivity index (χ3n) is 5.17. The first-order chi connectivity index (χ1) is 13.4. The van der Waals surface area contributed by atoms with Gasteiger partial charge in [0.2, 0.25) is 9.84 Å². The highest BCUT2D eigenvalue weighted by Gasteiger charge is 2.21. The molecule has 0 aliphatic carbocycles. The van der Waals surface area contributed by atoms with Crippen LogP contribution in [-0.4, -0.2) is 39.6 Å². The maximum Gasteiger partial charge on any atom is 0.206 e. The molecule has 1 aliphatic rings. The molecule has 0 saturated carbocycles. The molecule has 2 heterocycles. The van der Waals surface area contributed by atoms with Crippen molar-refractivity contribution in [1.82, 2.24) is 10.3 Å². The molecule has 1 N–H and O–H groups in total. The highest BCUT2D eigenvalue weighted by atomic mass is 35.5. The minimum Gasteiger partial charge on any atom is -0.355 e. The van der Waals surface area contributed by atoms with Gasteiger partial charge in [-0.15, -0.1) is 12.4 Å². The van der Waals surface area contributed by atoms with E-state index in [9.17, 15) is 8.42 Å². The molecule has 0 radical (unpaired) electrons. The van der Waals surface area contributed by atoms with Gasteiger partial charge in [0.25, 0.3) is 0 Å². The summed E-state index contributed by atoms with van der Waals surface area (Å²) in [4.78, 5) is 7.50. The van der Waals surface area contributed by atoms with Crippen LogP contribution < -0.4 is 10.2 Å². The van der Waals surface area contributed by atoms with E-state index in [1.807, 2.05) is 32.0 Å². The lowest BCUT2D eigenvalue weighted by Crippen LogP contribution is -2.28. The molecule has 0 unspecified atom stereocenters. The van der Waals surface area contributed by atoms with E-state index in [0.717, 1.165) is 60.3 Å². The molecule has 5 nitrogen and oxygen atoms in total. The van der Waals surface area contributed by atoms with E-state index in [-0.39, 0.29) is 12.4 Å². The van der Waals surface area contributed by atoms with Crippen molar-refractivity contribution in [3.05, 3.63) is 59.8 Å². The molecular weight excluding hydrogens is 406 g/mol. The first-order valence-corrected chi connectivity index (χ1v) is 11.1. The summed E-state index contributed by atoms with van der Waals surface area (Å²) in [5.74, 6) is 0.860. The van der Waals surface area contributed by atoms with E-state index in [0.29, 0.717) is 9.79 Å². The fraction of sp³-hybridized carbons (Fsp3) is 0.318. The molecular formula is C22H26ClN3O2S. The molecule has 0 spiro atoms. The van der Waals surface area contributed by atoms with Crippen molar-refractivity contribution < 1.29 is 8.42 Å². The number of pyridine rings is 1. The Labute approximate surface area is 178 Å². The van der Waals surface area contributed by atoms with Crippen LogP contribution in [0.4, 0.5) is 5.82 Å². The third-order valence-corrected chi connectivity index (χ3v) is 6.90. The lowest BCUT2D eigenvalue weighted by Gasteiger charge is -2.22. The van der Waals surface area contributed by atoms with Crippen LogP contribution >= 0.6 is 12.4 Å². The van der Waals surface area contributed by atoms with Gasteiger partial charge in [0.05, 0.1) is 9.79 Å². The average molecular weight is 432 g/mol. The lowest BCUT2D eigenvalue weighted by atomic mass is 10.1. The van der Waals surface area contributed by atoms with Crippen LogP contribution in [0.25, 0.3) is 10.8 Å². The van der Waals surface area contributed by atoms with Crippen LogP contribution in [0, 0.1) is 13.8 Å². The van der Waals surface area contributed by atoms with Crippen LogP contribution in [0.5, 0.6) is 0 Å². The van der Waals surface area contributed by atoms with Gasteiger partial charge in [0.15, 0.2) is 0 Å². The number of aromatic nitrogens is 1. The van der Waals surface area contributed by atoms with Crippen LogP contribution in [0.3, 0.4) is 0 Å². The van der Waals surface area contributed by atoms with Crippen molar-refractivity contribution in [3.63, 3.8) is 0 Å². The molecule has 154 valence electrons. The fourth-order valence-corrected chi connectivity index (χ4v) is 5.31. The van der Waals surface area contributed by atoms with Gasteiger partial charge in [-0.2, -0.15) is 0 Å². The number of aryl methyl sites for hydroxylation is 2. The molecule has 0 amide bonds. The molecule has 7 heteroatoms. The van der Waals surface area contributed by atoms with E-state index < -0.39 is 9.84 Å². The number of halogens is 1. The molecule has 2 aromatic carbocycles. The maximum atomic E-state index is 13.3. The standard InChI is InChI=1S/C22H25N3O2S.ClH/c1-16-12-17(2)14-20(13-16)28(26,27)19-5-4-18-6-8-24-22(21(18)15-19)25-10-3-7-23-9-11-25;/h4-6,8,12-15,23H,3,7,9-11H2,1-2H3;1H. The van der Waals surface area contributed by atoms with Crippen molar-refractivity contribution >= 4 is 38.8 Å². The van der Waals surface area contributed by atoms with Gasteiger partial charge in [-0.1, -0.05) is 12.1 Å². The quantitative estimate of drug-likeness (QED) is 0.681. The summed E-state index contributed by atoms with van der Waals surface area (Å²) in [5, 5.41) is 5.28. The van der Waals surface area contributed by atoms with Gasteiger partial charge >= 0.3 is 0 Å². The van der Waals surface area contributed by atoms with Crippen molar-refractivity contribution in [2.45, 2.75) is 30.1 Å². The van der Waals surface area contributed by atoms with Crippen molar-refractivity contribution in [1.29, 1.82) is 0 Å². The van der Waals surface area contributed by atoms with E-state index in [4.69, 9.17) is 0 Å². The topological polar surface area (TPSA) is 62.3 Å². The molecule has 1 aliphatic heterocycles. The number of sulfone groups is 1. The number of hydrogen-bond donors (Lipinski definition) is 1. The second-order valence-electron chi connectivity index (χ2n) is 7.43. The predicted octanol–water partition coefficient (Wildman–Crippen LogP) is 3.91. The highest BCUT2D eigenvalue weighted by molar-refractivity contribution is 7.91. The van der Waals surface area contributed by atoms with Gasteiger partial charge in [0, 0.05) is 31.2 Å². The van der Waals surface area contributed by atoms with Crippen molar-refractivity contribution in [3.8, 4) is 0 Å². The van der Waals surface area contributed by atoms with E-state index in [1.54, 1.807) is 30.5 Å². The molecule has 4 rings (SSSR count).